The molecule has 86 valence electrons. The highest BCUT2D eigenvalue weighted by atomic mass is 32.3. The van der Waals surface area contributed by atoms with Gasteiger partial charge in [-0.15, -0.1) is 3.89 Å². The Morgan fingerprint density at radius 1 is 1.12 bits per heavy atom. The Morgan fingerprint density at radius 2 is 1.76 bits per heavy atom. The van der Waals surface area contributed by atoms with Crippen LogP contribution in [0.4, 0.5) is 9.57 Å². The van der Waals surface area contributed by atoms with E-state index in [9.17, 15) is 12.3 Å². The zero-order valence-corrected chi connectivity index (χ0v) is 9.22. The molecule has 0 aliphatic rings. The van der Waals surface area contributed by atoms with Crippen molar-refractivity contribution >= 4 is 26.7 Å². The third-order valence-electron chi connectivity index (χ3n) is 2.27. The molecule has 0 unspecified atom stereocenters. The Balaban J connectivity index is 2.93. The van der Waals surface area contributed by atoms with E-state index in [4.69, 9.17) is 5.53 Å². The van der Waals surface area contributed by atoms with Gasteiger partial charge in [0.25, 0.3) is 0 Å². The Hall–Kier alpha value is -2.11. The summed E-state index contributed by atoms with van der Waals surface area (Å²) in [5.74, 6) is 0. The molecule has 2 aromatic rings. The normalized spacial score (nSPS) is 11.1. The van der Waals surface area contributed by atoms with Gasteiger partial charge in [0.05, 0.1) is 0 Å². The summed E-state index contributed by atoms with van der Waals surface area (Å²) in [6, 6.07) is 8.60. The molecule has 0 spiro atoms. The highest BCUT2D eigenvalue weighted by Gasteiger charge is 2.16. The standard InChI is InChI=1S/C10H6FN3O2S/c11-17(15,16)10-6-2-3-7-8(10)4-1-5-9(7)13-14-12/h1-6H. The van der Waals surface area contributed by atoms with Crippen LogP contribution < -0.4 is 0 Å². The van der Waals surface area contributed by atoms with Gasteiger partial charge in [-0.05, 0) is 17.0 Å². The van der Waals surface area contributed by atoms with Crippen LogP contribution in [0.2, 0.25) is 0 Å². The van der Waals surface area contributed by atoms with Crippen LogP contribution in [0, 0.1) is 0 Å². The minimum atomic E-state index is -4.80. The lowest BCUT2D eigenvalue weighted by molar-refractivity contribution is 0.553. The van der Waals surface area contributed by atoms with E-state index in [1.807, 2.05) is 0 Å². The second-order valence-corrected chi connectivity index (χ2v) is 4.57. The fraction of sp³-hybridized carbons (Fsp3) is 0. The third-order valence-corrected chi connectivity index (χ3v) is 3.16. The number of halogens is 1. The first kappa shape index (κ1) is 11.4. The van der Waals surface area contributed by atoms with Crippen molar-refractivity contribution in [1.29, 1.82) is 0 Å². The molecule has 0 saturated heterocycles. The molecule has 7 heteroatoms. The van der Waals surface area contributed by atoms with E-state index >= 15 is 0 Å². The monoisotopic (exact) mass is 251 g/mol. The van der Waals surface area contributed by atoms with Gasteiger partial charge in [-0.2, -0.15) is 8.42 Å². The van der Waals surface area contributed by atoms with Crippen LogP contribution in [-0.4, -0.2) is 8.42 Å². The summed E-state index contributed by atoms with van der Waals surface area (Å²) in [6.07, 6.45) is 0. The summed E-state index contributed by atoms with van der Waals surface area (Å²) in [5.41, 5.74) is 8.63. The predicted molar refractivity (Wildman–Crippen MR) is 61.0 cm³/mol. The van der Waals surface area contributed by atoms with E-state index in [1.165, 1.54) is 24.3 Å². The van der Waals surface area contributed by atoms with E-state index in [1.54, 1.807) is 6.07 Å². The molecule has 0 N–H and O–H groups in total. The highest BCUT2D eigenvalue weighted by molar-refractivity contribution is 7.86. The number of hydrogen-bond donors (Lipinski definition) is 0. The van der Waals surface area contributed by atoms with Gasteiger partial charge in [0.15, 0.2) is 0 Å². The van der Waals surface area contributed by atoms with Crippen molar-refractivity contribution in [2.75, 3.05) is 0 Å². The molecule has 0 heterocycles. The van der Waals surface area contributed by atoms with Crippen LogP contribution in [-0.2, 0) is 10.2 Å². The largest absolute Gasteiger partial charge is 0.332 e. The number of fused-ring (bicyclic) bond motifs is 1. The third kappa shape index (κ3) is 2.06. The van der Waals surface area contributed by atoms with Crippen LogP contribution in [0.15, 0.2) is 46.4 Å². The van der Waals surface area contributed by atoms with Gasteiger partial charge in [0.1, 0.15) is 4.90 Å². The first-order valence-electron chi connectivity index (χ1n) is 4.55. The summed E-state index contributed by atoms with van der Waals surface area (Å²) < 4.78 is 34.9. The maximum absolute atomic E-state index is 13.0. The number of benzene rings is 2. The first-order valence-corrected chi connectivity index (χ1v) is 5.94. The van der Waals surface area contributed by atoms with E-state index in [-0.39, 0.29) is 11.1 Å². The summed E-state index contributed by atoms with van der Waals surface area (Å²) in [5, 5.41) is 4.01. The second kappa shape index (κ2) is 4.04. The molecule has 0 aliphatic carbocycles. The zero-order chi connectivity index (χ0) is 12.5. The Morgan fingerprint density at radius 3 is 2.41 bits per heavy atom. The van der Waals surface area contributed by atoms with Crippen molar-refractivity contribution in [3.05, 3.63) is 46.8 Å². The first-order chi connectivity index (χ1) is 8.04. The molecular weight excluding hydrogens is 245 g/mol. The van der Waals surface area contributed by atoms with Crippen molar-refractivity contribution in [2.45, 2.75) is 4.90 Å². The summed E-state index contributed by atoms with van der Waals surface area (Å²) in [7, 11) is -4.80. The molecule has 2 aromatic carbocycles. The van der Waals surface area contributed by atoms with Crippen molar-refractivity contribution in [2.24, 2.45) is 5.11 Å². The molecule has 0 fully saturated rings. The lowest BCUT2D eigenvalue weighted by Gasteiger charge is -2.04. The lowest BCUT2D eigenvalue weighted by atomic mass is 10.1. The highest BCUT2D eigenvalue weighted by Crippen LogP contribution is 2.31. The maximum Gasteiger partial charge on any atom is 0.332 e. The quantitative estimate of drug-likeness (QED) is 0.354. The smallest absolute Gasteiger partial charge is 0.189 e. The van der Waals surface area contributed by atoms with E-state index in [0.717, 1.165) is 6.07 Å². The Bertz CT molecular complexity index is 736. The molecule has 0 amide bonds. The molecule has 0 radical (unpaired) electrons. The molecule has 5 nitrogen and oxygen atoms in total. The van der Waals surface area contributed by atoms with Crippen LogP contribution in [0.5, 0.6) is 0 Å². The van der Waals surface area contributed by atoms with Gasteiger partial charge in [-0.1, -0.05) is 35.4 Å². The SMILES string of the molecule is [N-]=[N+]=Nc1cccc2c(S(=O)(=O)F)cccc12. The van der Waals surface area contributed by atoms with E-state index in [2.05, 4.69) is 10.0 Å². The predicted octanol–water partition coefficient (Wildman–Crippen LogP) is 3.44. The van der Waals surface area contributed by atoms with Gasteiger partial charge in [-0.3, -0.25) is 0 Å². The van der Waals surface area contributed by atoms with Crippen molar-refractivity contribution < 1.29 is 12.3 Å². The maximum atomic E-state index is 13.0. The Labute approximate surface area is 96.3 Å². The van der Waals surface area contributed by atoms with Gasteiger partial charge < -0.3 is 0 Å². The molecule has 0 atom stereocenters. The summed E-state index contributed by atoms with van der Waals surface area (Å²) in [4.78, 5) is 2.20. The van der Waals surface area contributed by atoms with Gasteiger partial charge in [0.2, 0.25) is 0 Å². The molecule has 0 aliphatic heterocycles. The summed E-state index contributed by atoms with van der Waals surface area (Å²) >= 11 is 0. The number of azide groups is 1. The molecular formula is C10H6FN3O2S. The lowest BCUT2D eigenvalue weighted by Crippen LogP contribution is -1.92. The van der Waals surface area contributed by atoms with Crippen LogP contribution in [0.25, 0.3) is 21.2 Å². The van der Waals surface area contributed by atoms with Gasteiger partial charge in [0, 0.05) is 16.0 Å². The number of hydrogen-bond acceptors (Lipinski definition) is 3. The van der Waals surface area contributed by atoms with Gasteiger partial charge in [-0.25, -0.2) is 0 Å². The molecule has 2 rings (SSSR count). The molecule has 0 bridgehead atoms. The zero-order valence-electron chi connectivity index (χ0n) is 8.41. The van der Waals surface area contributed by atoms with E-state index < -0.39 is 15.1 Å². The second-order valence-electron chi connectivity index (χ2n) is 3.26. The van der Waals surface area contributed by atoms with Crippen molar-refractivity contribution in [3.63, 3.8) is 0 Å². The topological polar surface area (TPSA) is 82.9 Å². The molecule has 17 heavy (non-hydrogen) atoms. The van der Waals surface area contributed by atoms with Crippen LogP contribution >= 0.6 is 0 Å². The van der Waals surface area contributed by atoms with Crippen molar-refractivity contribution in [1.82, 2.24) is 0 Å². The minimum absolute atomic E-state index is 0.194. The van der Waals surface area contributed by atoms with Crippen LogP contribution in [0.3, 0.4) is 0 Å². The minimum Gasteiger partial charge on any atom is -0.189 e. The average molecular weight is 251 g/mol. The number of rotatable bonds is 2. The molecule has 0 aromatic heterocycles. The fourth-order valence-electron chi connectivity index (χ4n) is 1.61. The van der Waals surface area contributed by atoms with Crippen LogP contribution in [0.1, 0.15) is 0 Å². The number of nitrogens with zero attached hydrogens (tertiary/aromatic N) is 3. The Kier molecular flexibility index (Phi) is 2.71. The summed E-state index contributed by atoms with van der Waals surface area (Å²) in [6.45, 7) is 0. The van der Waals surface area contributed by atoms with Gasteiger partial charge >= 0.3 is 10.2 Å². The fourth-order valence-corrected chi connectivity index (χ4v) is 2.29. The van der Waals surface area contributed by atoms with E-state index in [0.29, 0.717) is 5.39 Å². The molecule has 0 saturated carbocycles. The average Bonchev–Trinajstić information content (AvgIpc) is 2.28. The van der Waals surface area contributed by atoms with Crippen molar-refractivity contribution in [3.8, 4) is 0 Å².